The van der Waals surface area contributed by atoms with Gasteiger partial charge in [-0.1, -0.05) is 11.6 Å². The van der Waals surface area contributed by atoms with Crippen LogP contribution in [0.2, 0.25) is 0 Å². The van der Waals surface area contributed by atoms with Gasteiger partial charge in [0.1, 0.15) is 5.69 Å². The van der Waals surface area contributed by atoms with E-state index >= 15 is 0 Å². The van der Waals surface area contributed by atoms with E-state index in [1.54, 1.807) is 13.3 Å². The first-order valence-electron chi connectivity index (χ1n) is 8.50. The van der Waals surface area contributed by atoms with E-state index in [-0.39, 0.29) is 11.0 Å². The van der Waals surface area contributed by atoms with Crippen molar-refractivity contribution in [2.24, 2.45) is 0 Å². The first kappa shape index (κ1) is 16.9. The van der Waals surface area contributed by atoms with E-state index in [0.717, 1.165) is 36.5 Å². The van der Waals surface area contributed by atoms with Gasteiger partial charge in [0.15, 0.2) is 0 Å². The minimum absolute atomic E-state index is 0.000456. The monoisotopic (exact) mass is 330 g/mol. The zero-order valence-corrected chi connectivity index (χ0v) is 14.9. The van der Waals surface area contributed by atoms with Gasteiger partial charge in [0.25, 0.3) is 0 Å². The molecule has 2 aromatic heterocycles. The number of hydrogen-bond acceptors (Lipinski definition) is 6. The molecule has 0 spiro atoms. The van der Waals surface area contributed by atoms with Crippen molar-refractivity contribution >= 4 is 5.69 Å². The number of nitrogens with zero attached hydrogens (tertiary/aromatic N) is 3. The maximum Gasteiger partial charge on any atom is 0.233 e. The average molecular weight is 330 g/mol. The topological polar surface area (TPSA) is 73.1 Å². The van der Waals surface area contributed by atoms with Crippen LogP contribution in [0.1, 0.15) is 52.3 Å². The fraction of sp³-hybridized carbons (Fsp3) is 0.611. The molecule has 0 amide bonds. The zero-order chi connectivity index (χ0) is 17.2. The molecule has 0 atom stereocenters. The second-order valence-corrected chi connectivity index (χ2v) is 7.61. The van der Waals surface area contributed by atoms with Crippen LogP contribution in [0.5, 0.6) is 0 Å². The third-order valence-corrected chi connectivity index (χ3v) is 4.49. The fourth-order valence-electron chi connectivity index (χ4n) is 3.05. The second kappa shape index (κ2) is 6.51. The molecule has 2 aromatic rings. The van der Waals surface area contributed by atoms with Crippen LogP contribution in [-0.2, 0) is 10.2 Å². The molecule has 6 heteroatoms. The molecule has 1 aliphatic carbocycles. The smallest absolute Gasteiger partial charge is 0.233 e. The summed E-state index contributed by atoms with van der Waals surface area (Å²) in [6.07, 6.45) is 6.10. The fourth-order valence-corrected chi connectivity index (χ4v) is 3.05. The maximum absolute atomic E-state index is 5.56. The van der Waals surface area contributed by atoms with Gasteiger partial charge in [-0.25, -0.2) is 0 Å². The van der Waals surface area contributed by atoms with Crippen LogP contribution < -0.4 is 5.32 Å². The van der Waals surface area contributed by atoms with Gasteiger partial charge < -0.3 is 14.6 Å². The highest BCUT2D eigenvalue weighted by Gasteiger charge is 2.43. The van der Waals surface area contributed by atoms with Crippen LogP contribution in [0, 0.1) is 0 Å². The Balaban J connectivity index is 1.75. The van der Waals surface area contributed by atoms with Crippen LogP contribution in [0.15, 0.2) is 22.9 Å². The third-order valence-electron chi connectivity index (χ3n) is 4.49. The summed E-state index contributed by atoms with van der Waals surface area (Å²) in [5.74, 6) is 1.27. The van der Waals surface area contributed by atoms with Crippen molar-refractivity contribution in [1.82, 2.24) is 15.1 Å². The summed E-state index contributed by atoms with van der Waals surface area (Å²) >= 11 is 0. The Kier molecular flexibility index (Phi) is 4.58. The van der Waals surface area contributed by atoms with Crippen LogP contribution in [0.25, 0.3) is 11.5 Å². The van der Waals surface area contributed by atoms with Gasteiger partial charge in [-0.15, -0.1) is 0 Å². The predicted molar refractivity (Wildman–Crippen MR) is 92.9 cm³/mol. The van der Waals surface area contributed by atoms with Gasteiger partial charge in [0, 0.05) is 19.3 Å². The maximum atomic E-state index is 5.56. The molecule has 2 heterocycles. The van der Waals surface area contributed by atoms with E-state index in [4.69, 9.17) is 9.26 Å². The molecule has 1 fully saturated rings. The van der Waals surface area contributed by atoms with Crippen LogP contribution in [-0.4, -0.2) is 34.4 Å². The highest BCUT2D eigenvalue weighted by Crippen LogP contribution is 2.46. The lowest BCUT2D eigenvalue weighted by Gasteiger charge is -2.38. The molecular weight excluding hydrogens is 304 g/mol. The van der Waals surface area contributed by atoms with E-state index in [2.05, 4.69) is 41.2 Å². The highest BCUT2D eigenvalue weighted by molar-refractivity contribution is 5.53. The molecule has 0 bridgehead atoms. The summed E-state index contributed by atoms with van der Waals surface area (Å²) in [4.78, 5) is 9.08. The van der Waals surface area contributed by atoms with Crippen molar-refractivity contribution < 1.29 is 9.26 Å². The second-order valence-electron chi connectivity index (χ2n) is 7.61. The van der Waals surface area contributed by atoms with Gasteiger partial charge >= 0.3 is 0 Å². The first-order chi connectivity index (χ1) is 11.4. The molecule has 0 aliphatic heterocycles. The molecule has 0 radical (unpaired) electrons. The van der Waals surface area contributed by atoms with Crippen molar-refractivity contribution in [1.29, 1.82) is 0 Å². The SMILES string of the molecule is COCCC1(c2nc(-c3ccc(NC(C)(C)C)cn3)no2)CCC1. The van der Waals surface area contributed by atoms with Gasteiger partial charge in [0.2, 0.25) is 11.7 Å². The summed E-state index contributed by atoms with van der Waals surface area (Å²) in [7, 11) is 1.72. The molecular formula is C18H26N4O2. The van der Waals surface area contributed by atoms with E-state index in [1.807, 2.05) is 12.1 Å². The van der Waals surface area contributed by atoms with Crippen LogP contribution in [0.4, 0.5) is 5.69 Å². The van der Waals surface area contributed by atoms with Crippen molar-refractivity contribution in [3.05, 3.63) is 24.2 Å². The molecule has 0 unspecified atom stereocenters. The predicted octanol–water partition coefficient (Wildman–Crippen LogP) is 3.80. The average Bonchev–Trinajstić information content (AvgIpc) is 2.95. The lowest BCUT2D eigenvalue weighted by molar-refractivity contribution is 0.104. The van der Waals surface area contributed by atoms with Gasteiger partial charge in [-0.3, -0.25) is 4.98 Å². The normalized spacial score (nSPS) is 16.7. The molecule has 6 nitrogen and oxygen atoms in total. The summed E-state index contributed by atoms with van der Waals surface area (Å²) in [6.45, 7) is 7.06. The minimum Gasteiger partial charge on any atom is -0.385 e. The van der Waals surface area contributed by atoms with Gasteiger partial charge in [-0.2, -0.15) is 4.98 Å². The largest absolute Gasteiger partial charge is 0.385 e. The van der Waals surface area contributed by atoms with E-state index < -0.39 is 0 Å². The lowest BCUT2D eigenvalue weighted by atomic mass is 9.66. The Labute approximate surface area is 143 Å². The van der Waals surface area contributed by atoms with Crippen molar-refractivity contribution in [3.63, 3.8) is 0 Å². The van der Waals surface area contributed by atoms with Crippen LogP contribution in [0.3, 0.4) is 0 Å². The summed E-state index contributed by atoms with van der Waals surface area (Å²) in [5, 5.41) is 7.53. The molecule has 24 heavy (non-hydrogen) atoms. The number of hydrogen-bond donors (Lipinski definition) is 1. The Bertz CT molecular complexity index is 669. The molecule has 1 aliphatic rings. The number of ether oxygens (including phenoxy) is 1. The molecule has 130 valence electrons. The quantitative estimate of drug-likeness (QED) is 0.868. The van der Waals surface area contributed by atoms with Gasteiger partial charge in [-0.05, 0) is 52.2 Å². The first-order valence-corrected chi connectivity index (χ1v) is 8.50. The molecule has 3 rings (SSSR count). The van der Waals surface area contributed by atoms with Gasteiger partial charge in [0.05, 0.1) is 17.3 Å². The minimum atomic E-state index is -0.00497. The Hall–Kier alpha value is -1.95. The third kappa shape index (κ3) is 3.59. The number of methoxy groups -OCH3 is 1. The Morgan fingerprint density at radius 3 is 2.62 bits per heavy atom. The summed E-state index contributed by atoms with van der Waals surface area (Å²) in [5.41, 5.74) is 1.70. The highest BCUT2D eigenvalue weighted by atomic mass is 16.5. The molecule has 0 saturated heterocycles. The molecule has 1 saturated carbocycles. The van der Waals surface area contributed by atoms with Crippen molar-refractivity contribution in [2.45, 2.75) is 57.4 Å². The van der Waals surface area contributed by atoms with E-state index in [1.165, 1.54) is 6.42 Å². The van der Waals surface area contributed by atoms with E-state index in [9.17, 15) is 0 Å². The Morgan fingerprint density at radius 2 is 2.08 bits per heavy atom. The standard InChI is InChI=1S/C18H26N4O2/c1-17(2,3)21-13-6-7-14(19-12-13)15-20-16(24-22-15)18(8-5-9-18)10-11-23-4/h6-7,12,21H,5,8-11H2,1-4H3. The molecule has 1 N–H and O–H groups in total. The number of rotatable bonds is 6. The number of aromatic nitrogens is 3. The number of pyridine rings is 1. The molecule has 0 aromatic carbocycles. The lowest BCUT2D eigenvalue weighted by Crippen LogP contribution is -2.35. The van der Waals surface area contributed by atoms with Crippen molar-refractivity contribution in [3.8, 4) is 11.5 Å². The van der Waals surface area contributed by atoms with Crippen LogP contribution >= 0.6 is 0 Å². The van der Waals surface area contributed by atoms with E-state index in [0.29, 0.717) is 12.4 Å². The number of anilines is 1. The van der Waals surface area contributed by atoms with Crippen molar-refractivity contribution in [2.75, 3.05) is 19.0 Å². The Morgan fingerprint density at radius 1 is 1.29 bits per heavy atom. The zero-order valence-electron chi connectivity index (χ0n) is 14.9. The summed E-state index contributed by atoms with van der Waals surface area (Å²) in [6, 6.07) is 3.92. The summed E-state index contributed by atoms with van der Waals surface area (Å²) < 4.78 is 10.8. The number of nitrogens with one attached hydrogen (secondary N) is 1.